The molecule has 7 heteroatoms. The number of anilines is 1. The molecule has 2 aromatic rings. The normalized spacial score (nSPS) is 14.7. The average molecular weight is 403 g/mol. The van der Waals surface area contributed by atoms with Crippen LogP contribution in [0.3, 0.4) is 0 Å². The molecule has 0 unspecified atom stereocenters. The standard InChI is InChI=1S/C21H26N2O4S/c1-3-28(25,26)20-10-6-18(7-11-20)21(24)22(2)16-17-4-8-19(9-5-17)23-12-14-27-15-13-23/h4-11H,3,12-16H2,1-2H3. The Morgan fingerprint density at radius 1 is 1.04 bits per heavy atom. The maximum Gasteiger partial charge on any atom is 0.253 e. The Hall–Kier alpha value is -2.38. The zero-order valence-electron chi connectivity index (χ0n) is 16.3. The second-order valence-electron chi connectivity index (χ2n) is 6.85. The first-order valence-electron chi connectivity index (χ1n) is 9.40. The summed E-state index contributed by atoms with van der Waals surface area (Å²) in [6.07, 6.45) is 0. The molecule has 6 nitrogen and oxygen atoms in total. The van der Waals surface area contributed by atoms with Gasteiger partial charge in [-0.2, -0.15) is 0 Å². The van der Waals surface area contributed by atoms with Crippen LogP contribution in [0.4, 0.5) is 5.69 Å². The molecular formula is C21H26N2O4S. The highest BCUT2D eigenvalue weighted by molar-refractivity contribution is 7.91. The van der Waals surface area contributed by atoms with E-state index in [2.05, 4.69) is 17.0 Å². The van der Waals surface area contributed by atoms with Gasteiger partial charge in [0.25, 0.3) is 5.91 Å². The van der Waals surface area contributed by atoms with Crippen molar-refractivity contribution in [3.63, 3.8) is 0 Å². The fraction of sp³-hybridized carbons (Fsp3) is 0.381. The number of nitrogens with zero attached hydrogens (tertiary/aromatic N) is 2. The monoisotopic (exact) mass is 402 g/mol. The molecule has 0 N–H and O–H groups in total. The van der Waals surface area contributed by atoms with E-state index < -0.39 is 9.84 Å². The van der Waals surface area contributed by atoms with Crippen molar-refractivity contribution < 1.29 is 17.9 Å². The lowest BCUT2D eigenvalue weighted by Crippen LogP contribution is -2.36. The van der Waals surface area contributed by atoms with Crippen molar-refractivity contribution in [2.45, 2.75) is 18.4 Å². The summed E-state index contributed by atoms with van der Waals surface area (Å²) in [5, 5.41) is 0. The lowest BCUT2D eigenvalue weighted by molar-refractivity contribution is 0.0785. The molecule has 1 aliphatic rings. The highest BCUT2D eigenvalue weighted by atomic mass is 32.2. The highest BCUT2D eigenvalue weighted by Gasteiger charge is 2.16. The van der Waals surface area contributed by atoms with Crippen molar-refractivity contribution in [2.24, 2.45) is 0 Å². The van der Waals surface area contributed by atoms with Gasteiger partial charge in [-0.05, 0) is 42.0 Å². The smallest absolute Gasteiger partial charge is 0.253 e. The Labute approximate surface area is 166 Å². The SMILES string of the molecule is CCS(=O)(=O)c1ccc(C(=O)N(C)Cc2ccc(N3CCOCC3)cc2)cc1. The molecule has 1 amide bonds. The summed E-state index contributed by atoms with van der Waals surface area (Å²) in [6, 6.07) is 14.4. The topological polar surface area (TPSA) is 66.9 Å². The Morgan fingerprint density at radius 3 is 2.21 bits per heavy atom. The van der Waals surface area contributed by atoms with Crippen LogP contribution >= 0.6 is 0 Å². The molecule has 1 fully saturated rings. The number of carbonyl (C=O) groups excluding carboxylic acids is 1. The summed E-state index contributed by atoms with van der Waals surface area (Å²) in [5.41, 5.74) is 2.68. The van der Waals surface area contributed by atoms with E-state index in [4.69, 9.17) is 4.74 Å². The van der Waals surface area contributed by atoms with E-state index in [0.717, 1.165) is 37.6 Å². The third kappa shape index (κ3) is 4.72. The maximum absolute atomic E-state index is 12.6. The molecule has 150 valence electrons. The minimum absolute atomic E-state index is 0.0423. The quantitative estimate of drug-likeness (QED) is 0.743. The van der Waals surface area contributed by atoms with Crippen LogP contribution in [-0.2, 0) is 21.1 Å². The van der Waals surface area contributed by atoms with Crippen LogP contribution in [0.1, 0.15) is 22.8 Å². The largest absolute Gasteiger partial charge is 0.378 e. The second kappa shape index (κ2) is 8.75. The minimum Gasteiger partial charge on any atom is -0.378 e. The molecule has 3 rings (SSSR count). The molecule has 1 aliphatic heterocycles. The predicted molar refractivity (Wildman–Crippen MR) is 109 cm³/mol. The molecular weight excluding hydrogens is 376 g/mol. The molecule has 28 heavy (non-hydrogen) atoms. The van der Waals surface area contributed by atoms with Crippen molar-refractivity contribution in [3.05, 3.63) is 59.7 Å². The fourth-order valence-electron chi connectivity index (χ4n) is 3.17. The van der Waals surface area contributed by atoms with Gasteiger partial charge in [-0.1, -0.05) is 19.1 Å². The van der Waals surface area contributed by atoms with Gasteiger partial charge in [0, 0.05) is 37.9 Å². The third-order valence-electron chi connectivity index (χ3n) is 4.92. The van der Waals surface area contributed by atoms with Gasteiger partial charge in [0.1, 0.15) is 0 Å². The van der Waals surface area contributed by atoms with Crippen LogP contribution in [0, 0.1) is 0 Å². The van der Waals surface area contributed by atoms with Gasteiger partial charge in [0.15, 0.2) is 9.84 Å². The number of carbonyl (C=O) groups is 1. The zero-order chi connectivity index (χ0) is 20.1. The molecule has 0 spiro atoms. The molecule has 0 bridgehead atoms. The Bertz CT molecular complexity index is 902. The Kier molecular flexibility index (Phi) is 6.36. The van der Waals surface area contributed by atoms with Crippen molar-refractivity contribution in [2.75, 3.05) is 44.0 Å². The van der Waals surface area contributed by atoms with Crippen molar-refractivity contribution in [3.8, 4) is 0 Å². The molecule has 1 saturated heterocycles. The van der Waals surface area contributed by atoms with Gasteiger partial charge in [0.2, 0.25) is 0 Å². The number of hydrogen-bond acceptors (Lipinski definition) is 5. The van der Waals surface area contributed by atoms with Crippen LogP contribution in [0.25, 0.3) is 0 Å². The van der Waals surface area contributed by atoms with Crippen molar-refractivity contribution in [1.29, 1.82) is 0 Å². The maximum atomic E-state index is 12.6. The lowest BCUT2D eigenvalue weighted by atomic mass is 10.1. The van der Waals surface area contributed by atoms with E-state index in [1.165, 1.54) is 12.1 Å². The molecule has 1 heterocycles. The minimum atomic E-state index is -3.26. The van der Waals surface area contributed by atoms with Gasteiger partial charge in [-0.3, -0.25) is 4.79 Å². The number of morpholine rings is 1. The summed E-state index contributed by atoms with van der Waals surface area (Å²) in [4.78, 5) is 16.8. The number of sulfone groups is 1. The number of amides is 1. The lowest BCUT2D eigenvalue weighted by Gasteiger charge is -2.29. The molecule has 0 aromatic heterocycles. The predicted octanol–water partition coefficient (Wildman–Crippen LogP) is 2.59. The number of rotatable bonds is 6. The highest BCUT2D eigenvalue weighted by Crippen LogP contribution is 2.18. The molecule has 0 saturated carbocycles. The first kappa shape index (κ1) is 20.4. The van der Waals surface area contributed by atoms with E-state index in [9.17, 15) is 13.2 Å². The molecule has 0 atom stereocenters. The van der Waals surface area contributed by atoms with Crippen LogP contribution in [-0.4, -0.2) is 58.3 Å². The van der Waals surface area contributed by atoms with Crippen LogP contribution in [0.2, 0.25) is 0 Å². The number of benzene rings is 2. The van der Waals surface area contributed by atoms with Gasteiger partial charge in [0.05, 0.1) is 23.9 Å². The van der Waals surface area contributed by atoms with Crippen molar-refractivity contribution in [1.82, 2.24) is 4.90 Å². The summed E-state index contributed by atoms with van der Waals surface area (Å²) in [6.45, 7) is 5.36. The van der Waals surface area contributed by atoms with Gasteiger partial charge in [-0.25, -0.2) is 8.42 Å². The number of hydrogen-bond donors (Lipinski definition) is 0. The fourth-order valence-corrected chi connectivity index (χ4v) is 4.06. The first-order chi connectivity index (χ1) is 13.4. The van der Waals surface area contributed by atoms with E-state index in [0.29, 0.717) is 12.1 Å². The van der Waals surface area contributed by atoms with Gasteiger partial charge in [-0.15, -0.1) is 0 Å². The summed E-state index contributed by atoms with van der Waals surface area (Å²) >= 11 is 0. The Morgan fingerprint density at radius 2 is 1.64 bits per heavy atom. The molecule has 0 aliphatic carbocycles. The Balaban J connectivity index is 1.63. The van der Waals surface area contributed by atoms with Crippen LogP contribution in [0.5, 0.6) is 0 Å². The number of ether oxygens (including phenoxy) is 1. The van der Waals surface area contributed by atoms with E-state index in [1.807, 2.05) is 12.1 Å². The summed E-state index contributed by atoms with van der Waals surface area (Å²) in [5.74, 6) is -0.0987. The zero-order valence-corrected chi connectivity index (χ0v) is 17.1. The molecule has 2 aromatic carbocycles. The third-order valence-corrected chi connectivity index (χ3v) is 6.67. The summed E-state index contributed by atoms with van der Waals surface area (Å²) < 4.78 is 29.2. The van der Waals surface area contributed by atoms with Gasteiger partial charge < -0.3 is 14.5 Å². The summed E-state index contributed by atoms with van der Waals surface area (Å²) in [7, 11) is -1.51. The second-order valence-corrected chi connectivity index (χ2v) is 9.13. The first-order valence-corrected chi connectivity index (χ1v) is 11.1. The van der Waals surface area contributed by atoms with Gasteiger partial charge >= 0.3 is 0 Å². The van der Waals surface area contributed by atoms with E-state index in [-0.39, 0.29) is 16.6 Å². The molecule has 0 radical (unpaired) electrons. The van der Waals surface area contributed by atoms with E-state index >= 15 is 0 Å². The van der Waals surface area contributed by atoms with Crippen LogP contribution < -0.4 is 4.90 Å². The van der Waals surface area contributed by atoms with E-state index in [1.54, 1.807) is 31.0 Å². The van der Waals surface area contributed by atoms with Crippen LogP contribution in [0.15, 0.2) is 53.4 Å². The van der Waals surface area contributed by atoms with Crippen molar-refractivity contribution >= 4 is 21.4 Å². The average Bonchev–Trinajstić information content (AvgIpc) is 2.74.